The van der Waals surface area contributed by atoms with E-state index in [1.54, 1.807) is 30.5 Å². The molecule has 1 N–H and O–H groups in total. The Balaban J connectivity index is 2.87. The van der Waals surface area contributed by atoms with Crippen LogP contribution >= 0.6 is 15.9 Å². The van der Waals surface area contributed by atoms with Crippen molar-refractivity contribution in [3.05, 3.63) is 40.5 Å². The van der Waals surface area contributed by atoms with Crippen molar-refractivity contribution < 1.29 is 9.90 Å². The van der Waals surface area contributed by atoms with Gasteiger partial charge in [0.05, 0.1) is 11.1 Å². The molecule has 3 nitrogen and oxygen atoms in total. The SMILES string of the molecule is O=C(O)c1cc(Br)cc2ncccc12. The van der Waals surface area contributed by atoms with E-state index >= 15 is 0 Å². The zero-order chi connectivity index (χ0) is 10.1. The van der Waals surface area contributed by atoms with Gasteiger partial charge >= 0.3 is 5.97 Å². The van der Waals surface area contributed by atoms with Crippen molar-refractivity contribution in [3.63, 3.8) is 0 Å². The van der Waals surface area contributed by atoms with E-state index in [-0.39, 0.29) is 5.56 Å². The van der Waals surface area contributed by atoms with Crippen LogP contribution in [0, 0.1) is 0 Å². The number of carboxylic acid groups (broad SMARTS) is 1. The quantitative estimate of drug-likeness (QED) is 0.848. The van der Waals surface area contributed by atoms with Gasteiger partial charge in [-0.1, -0.05) is 22.0 Å². The molecule has 0 spiro atoms. The van der Waals surface area contributed by atoms with Crippen molar-refractivity contribution in [2.45, 2.75) is 0 Å². The number of benzene rings is 1. The zero-order valence-electron chi connectivity index (χ0n) is 7.07. The third-order valence-corrected chi connectivity index (χ3v) is 2.37. The fraction of sp³-hybridized carbons (Fsp3) is 0. The Labute approximate surface area is 88.5 Å². The van der Waals surface area contributed by atoms with Gasteiger partial charge in [0.25, 0.3) is 0 Å². The lowest BCUT2D eigenvalue weighted by molar-refractivity contribution is 0.0699. The first-order chi connectivity index (χ1) is 6.68. The number of hydrogen-bond donors (Lipinski definition) is 1. The number of aromatic carboxylic acids is 1. The molecule has 0 aliphatic heterocycles. The van der Waals surface area contributed by atoms with Gasteiger partial charge in [0, 0.05) is 16.1 Å². The van der Waals surface area contributed by atoms with Crippen LogP contribution in [0.25, 0.3) is 10.9 Å². The molecule has 0 aliphatic carbocycles. The van der Waals surface area contributed by atoms with Crippen molar-refractivity contribution >= 4 is 32.8 Å². The summed E-state index contributed by atoms with van der Waals surface area (Å²) in [5.41, 5.74) is 0.946. The van der Waals surface area contributed by atoms with E-state index in [2.05, 4.69) is 20.9 Å². The summed E-state index contributed by atoms with van der Waals surface area (Å²) < 4.78 is 0.723. The van der Waals surface area contributed by atoms with Crippen LogP contribution in [0.1, 0.15) is 10.4 Å². The fourth-order valence-corrected chi connectivity index (χ4v) is 1.77. The number of nitrogens with zero attached hydrogens (tertiary/aromatic N) is 1. The number of carbonyl (C=O) groups is 1. The highest BCUT2D eigenvalue weighted by Gasteiger charge is 2.09. The second kappa shape index (κ2) is 3.38. The topological polar surface area (TPSA) is 50.2 Å². The van der Waals surface area contributed by atoms with Crippen LogP contribution in [0.3, 0.4) is 0 Å². The number of halogens is 1. The lowest BCUT2D eigenvalue weighted by atomic mass is 10.1. The van der Waals surface area contributed by atoms with E-state index in [1.807, 2.05) is 0 Å². The standard InChI is InChI=1S/C10H6BrNO2/c11-6-4-8(10(13)14)7-2-1-3-12-9(7)5-6/h1-5H,(H,13,14). The highest BCUT2D eigenvalue weighted by molar-refractivity contribution is 9.10. The van der Waals surface area contributed by atoms with Crippen molar-refractivity contribution in [3.8, 4) is 0 Å². The van der Waals surface area contributed by atoms with Crippen LogP contribution < -0.4 is 0 Å². The number of fused-ring (bicyclic) bond motifs is 1. The number of aromatic nitrogens is 1. The average molecular weight is 252 g/mol. The molecule has 0 atom stereocenters. The molecule has 0 radical (unpaired) electrons. The predicted octanol–water partition coefficient (Wildman–Crippen LogP) is 2.70. The first-order valence-corrected chi connectivity index (χ1v) is 4.75. The molecule has 0 saturated carbocycles. The molecule has 0 bridgehead atoms. The second-order valence-corrected chi connectivity index (χ2v) is 3.74. The molecular weight excluding hydrogens is 246 g/mol. The van der Waals surface area contributed by atoms with Crippen LogP contribution in [0.5, 0.6) is 0 Å². The van der Waals surface area contributed by atoms with Gasteiger partial charge in [-0.2, -0.15) is 0 Å². The van der Waals surface area contributed by atoms with E-state index in [9.17, 15) is 4.79 Å². The summed E-state index contributed by atoms with van der Waals surface area (Å²) in [5, 5.41) is 9.61. The van der Waals surface area contributed by atoms with Crippen molar-refractivity contribution in [2.24, 2.45) is 0 Å². The van der Waals surface area contributed by atoms with Gasteiger partial charge in [0.15, 0.2) is 0 Å². The summed E-state index contributed by atoms with van der Waals surface area (Å²) in [6.07, 6.45) is 1.64. The number of hydrogen-bond acceptors (Lipinski definition) is 2. The number of pyridine rings is 1. The summed E-state index contributed by atoms with van der Waals surface area (Å²) in [5.74, 6) is -0.940. The van der Waals surface area contributed by atoms with E-state index in [0.29, 0.717) is 10.9 Å². The molecule has 1 aromatic heterocycles. The molecule has 1 aromatic carbocycles. The molecule has 2 rings (SSSR count). The molecular formula is C10H6BrNO2. The lowest BCUT2D eigenvalue weighted by Gasteiger charge is -2.02. The third kappa shape index (κ3) is 1.48. The van der Waals surface area contributed by atoms with Crippen LogP contribution in [0.4, 0.5) is 0 Å². The Morgan fingerprint density at radius 1 is 1.43 bits per heavy atom. The maximum Gasteiger partial charge on any atom is 0.336 e. The maximum atomic E-state index is 10.9. The second-order valence-electron chi connectivity index (χ2n) is 2.83. The smallest absolute Gasteiger partial charge is 0.336 e. The minimum absolute atomic E-state index is 0.266. The summed E-state index contributed by atoms with van der Waals surface area (Å²) in [6.45, 7) is 0. The molecule has 70 valence electrons. The van der Waals surface area contributed by atoms with Crippen LogP contribution in [-0.4, -0.2) is 16.1 Å². The van der Waals surface area contributed by atoms with Gasteiger partial charge in [0.2, 0.25) is 0 Å². The first-order valence-electron chi connectivity index (χ1n) is 3.96. The number of carboxylic acids is 1. The minimum atomic E-state index is -0.940. The van der Waals surface area contributed by atoms with Gasteiger partial charge in [0.1, 0.15) is 0 Å². The van der Waals surface area contributed by atoms with Crippen molar-refractivity contribution in [1.29, 1.82) is 0 Å². The first kappa shape index (κ1) is 9.15. The Kier molecular flexibility index (Phi) is 2.21. The minimum Gasteiger partial charge on any atom is -0.478 e. The molecule has 14 heavy (non-hydrogen) atoms. The van der Waals surface area contributed by atoms with Crippen LogP contribution in [0.2, 0.25) is 0 Å². The summed E-state index contributed by atoms with van der Waals surface area (Å²) >= 11 is 3.25. The predicted molar refractivity (Wildman–Crippen MR) is 56.4 cm³/mol. The molecule has 0 saturated heterocycles. The molecule has 0 unspecified atom stereocenters. The lowest BCUT2D eigenvalue weighted by Crippen LogP contribution is -1.98. The normalized spacial score (nSPS) is 10.4. The number of rotatable bonds is 1. The third-order valence-electron chi connectivity index (χ3n) is 1.92. The molecule has 0 amide bonds. The monoisotopic (exact) mass is 251 g/mol. The largest absolute Gasteiger partial charge is 0.478 e. The summed E-state index contributed by atoms with van der Waals surface area (Å²) in [7, 11) is 0. The molecule has 2 aromatic rings. The van der Waals surface area contributed by atoms with Gasteiger partial charge in [-0.05, 0) is 18.2 Å². The Morgan fingerprint density at radius 2 is 2.21 bits per heavy atom. The highest BCUT2D eigenvalue weighted by Crippen LogP contribution is 2.22. The van der Waals surface area contributed by atoms with E-state index < -0.39 is 5.97 Å². The summed E-state index contributed by atoms with van der Waals surface area (Å²) in [6, 6.07) is 6.84. The average Bonchev–Trinajstić information content (AvgIpc) is 2.16. The van der Waals surface area contributed by atoms with E-state index in [1.165, 1.54) is 0 Å². The molecule has 0 aliphatic rings. The van der Waals surface area contributed by atoms with Gasteiger partial charge in [-0.25, -0.2) is 4.79 Å². The van der Waals surface area contributed by atoms with Gasteiger partial charge in [-0.3, -0.25) is 4.98 Å². The van der Waals surface area contributed by atoms with Crippen LogP contribution in [0.15, 0.2) is 34.9 Å². The Bertz CT molecular complexity index is 510. The van der Waals surface area contributed by atoms with E-state index in [4.69, 9.17) is 5.11 Å². The van der Waals surface area contributed by atoms with Gasteiger partial charge < -0.3 is 5.11 Å². The van der Waals surface area contributed by atoms with E-state index in [0.717, 1.165) is 4.47 Å². The summed E-state index contributed by atoms with van der Waals surface area (Å²) in [4.78, 5) is 15.0. The van der Waals surface area contributed by atoms with Crippen molar-refractivity contribution in [1.82, 2.24) is 4.98 Å². The maximum absolute atomic E-state index is 10.9. The van der Waals surface area contributed by atoms with Crippen molar-refractivity contribution in [2.75, 3.05) is 0 Å². The fourth-order valence-electron chi connectivity index (χ4n) is 1.33. The van der Waals surface area contributed by atoms with Crippen LogP contribution in [-0.2, 0) is 0 Å². The highest BCUT2D eigenvalue weighted by atomic mass is 79.9. The molecule has 1 heterocycles. The molecule has 0 fully saturated rings. The van der Waals surface area contributed by atoms with Gasteiger partial charge in [-0.15, -0.1) is 0 Å². The molecule has 4 heteroatoms. The Morgan fingerprint density at radius 3 is 2.93 bits per heavy atom. The zero-order valence-corrected chi connectivity index (χ0v) is 8.65. The Hall–Kier alpha value is -1.42.